The Labute approximate surface area is 263 Å². The van der Waals surface area contributed by atoms with Gasteiger partial charge in [0.05, 0.1) is 10.6 Å². The van der Waals surface area contributed by atoms with Gasteiger partial charge in [-0.3, -0.25) is 13.9 Å². The molecule has 8 heteroatoms. The van der Waals surface area contributed by atoms with Gasteiger partial charge in [-0.25, -0.2) is 8.42 Å². The summed E-state index contributed by atoms with van der Waals surface area (Å²) in [5, 5.41) is 3.20. The molecule has 1 aliphatic carbocycles. The van der Waals surface area contributed by atoms with Crippen LogP contribution in [0.25, 0.3) is 0 Å². The Morgan fingerprint density at radius 2 is 1.52 bits per heavy atom. The van der Waals surface area contributed by atoms with E-state index in [4.69, 9.17) is 0 Å². The first-order valence-electron chi connectivity index (χ1n) is 15.9. The molecule has 7 nitrogen and oxygen atoms in total. The second-order valence-corrected chi connectivity index (χ2v) is 14.0. The third kappa shape index (κ3) is 8.50. The van der Waals surface area contributed by atoms with E-state index in [0.717, 1.165) is 42.4 Å². The zero-order valence-electron chi connectivity index (χ0n) is 26.5. The van der Waals surface area contributed by atoms with Crippen LogP contribution in [-0.4, -0.2) is 50.3 Å². The average Bonchev–Trinajstić information content (AvgIpc) is 3.03. The molecule has 1 atom stereocenters. The van der Waals surface area contributed by atoms with Crippen molar-refractivity contribution >= 4 is 27.5 Å². The third-order valence-corrected chi connectivity index (χ3v) is 10.3. The average molecular weight is 618 g/mol. The van der Waals surface area contributed by atoms with E-state index in [1.54, 1.807) is 41.3 Å². The van der Waals surface area contributed by atoms with Gasteiger partial charge in [-0.2, -0.15) is 0 Å². The van der Waals surface area contributed by atoms with E-state index in [-0.39, 0.29) is 22.8 Å². The predicted octanol–water partition coefficient (Wildman–Crippen LogP) is 6.61. The van der Waals surface area contributed by atoms with Crippen LogP contribution in [0.4, 0.5) is 5.69 Å². The van der Waals surface area contributed by atoms with Crippen LogP contribution in [-0.2, 0) is 26.0 Å². The minimum atomic E-state index is -4.09. The van der Waals surface area contributed by atoms with Crippen LogP contribution in [0.5, 0.6) is 0 Å². The number of anilines is 1. The summed E-state index contributed by atoms with van der Waals surface area (Å²) in [4.78, 5) is 29.7. The van der Waals surface area contributed by atoms with E-state index in [1.807, 2.05) is 56.3 Å². The lowest BCUT2D eigenvalue weighted by Gasteiger charge is -2.34. The van der Waals surface area contributed by atoms with Crippen molar-refractivity contribution in [3.63, 3.8) is 0 Å². The maximum atomic E-state index is 14.3. The van der Waals surface area contributed by atoms with Crippen LogP contribution < -0.4 is 9.62 Å². The fraction of sp³-hybridized carbons (Fsp3) is 0.444. The maximum Gasteiger partial charge on any atom is 0.264 e. The van der Waals surface area contributed by atoms with Crippen molar-refractivity contribution < 1.29 is 18.0 Å². The molecule has 3 aromatic carbocycles. The van der Waals surface area contributed by atoms with Crippen molar-refractivity contribution in [1.82, 2.24) is 10.2 Å². The maximum absolute atomic E-state index is 14.3. The molecule has 0 spiro atoms. The molecule has 3 aromatic rings. The van der Waals surface area contributed by atoms with Gasteiger partial charge in [0.2, 0.25) is 11.8 Å². The SMILES string of the molecule is CC[C@@H](C(=O)NC1CCCCC1)N(CCc1ccccc1)C(=O)CN(c1ccc(C(C)C)cc1)S(=O)(=O)c1ccc(C)cc1. The van der Waals surface area contributed by atoms with E-state index >= 15 is 0 Å². The van der Waals surface area contributed by atoms with E-state index in [9.17, 15) is 18.0 Å². The third-order valence-electron chi connectivity index (χ3n) is 8.56. The predicted molar refractivity (Wildman–Crippen MR) is 177 cm³/mol. The zero-order chi connectivity index (χ0) is 31.7. The summed E-state index contributed by atoms with van der Waals surface area (Å²) in [5.41, 5.74) is 3.46. The molecule has 0 aliphatic heterocycles. The molecule has 1 aliphatic rings. The second-order valence-electron chi connectivity index (χ2n) is 12.2. The second kappa shape index (κ2) is 15.4. The molecule has 1 N–H and O–H groups in total. The highest BCUT2D eigenvalue weighted by atomic mass is 32.2. The van der Waals surface area contributed by atoms with Crippen molar-refractivity contribution in [3.8, 4) is 0 Å². The molecule has 0 aromatic heterocycles. The van der Waals surface area contributed by atoms with E-state index in [2.05, 4.69) is 19.2 Å². The molecule has 0 bridgehead atoms. The molecule has 0 heterocycles. The number of benzene rings is 3. The van der Waals surface area contributed by atoms with Gasteiger partial charge in [0.1, 0.15) is 12.6 Å². The molecule has 0 saturated heterocycles. The summed E-state index contributed by atoms with van der Waals surface area (Å²) < 4.78 is 29.4. The number of aryl methyl sites for hydroxylation is 1. The lowest BCUT2D eigenvalue weighted by Crippen LogP contribution is -2.54. The lowest BCUT2D eigenvalue weighted by atomic mass is 9.95. The molecule has 1 saturated carbocycles. The number of sulfonamides is 1. The minimum absolute atomic E-state index is 0.106. The van der Waals surface area contributed by atoms with Crippen LogP contribution in [0.2, 0.25) is 0 Å². The Morgan fingerprint density at radius 1 is 0.886 bits per heavy atom. The quantitative estimate of drug-likeness (QED) is 0.234. The number of carbonyl (C=O) groups excluding carboxylic acids is 2. The van der Waals surface area contributed by atoms with Gasteiger partial charge in [0, 0.05) is 12.6 Å². The first-order chi connectivity index (χ1) is 21.1. The first kappa shape index (κ1) is 33.2. The van der Waals surface area contributed by atoms with Crippen molar-refractivity contribution in [1.29, 1.82) is 0 Å². The van der Waals surface area contributed by atoms with Crippen molar-refractivity contribution in [2.45, 2.75) is 95.5 Å². The summed E-state index contributed by atoms with van der Waals surface area (Å²) in [6, 6.07) is 23.2. The highest BCUT2D eigenvalue weighted by Crippen LogP contribution is 2.27. The molecular weight excluding hydrogens is 570 g/mol. The number of hydrogen-bond donors (Lipinski definition) is 1. The highest BCUT2D eigenvalue weighted by Gasteiger charge is 2.34. The fourth-order valence-corrected chi connectivity index (χ4v) is 7.25. The van der Waals surface area contributed by atoms with Crippen molar-refractivity contribution in [2.24, 2.45) is 0 Å². The molecule has 2 amide bonds. The molecule has 0 radical (unpaired) electrons. The Bertz CT molecular complexity index is 1470. The monoisotopic (exact) mass is 617 g/mol. The number of amides is 2. The summed E-state index contributed by atoms with van der Waals surface area (Å²) in [6.45, 7) is 7.83. The van der Waals surface area contributed by atoms with Crippen LogP contribution in [0, 0.1) is 6.92 Å². The van der Waals surface area contributed by atoms with Gasteiger partial charge in [-0.1, -0.05) is 100 Å². The van der Waals surface area contributed by atoms with Crippen molar-refractivity contribution in [3.05, 3.63) is 95.6 Å². The number of hydrogen-bond acceptors (Lipinski definition) is 4. The first-order valence-corrected chi connectivity index (χ1v) is 17.4. The Kier molecular flexibility index (Phi) is 11.6. The Morgan fingerprint density at radius 3 is 2.11 bits per heavy atom. The summed E-state index contributed by atoms with van der Waals surface area (Å²) in [5.74, 6) is -0.306. The normalized spacial score (nSPS) is 14.7. The molecule has 0 unspecified atom stereocenters. The highest BCUT2D eigenvalue weighted by molar-refractivity contribution is 7.92. The van der Waals surface area contributed by atoms with Gasteiger partial charge in [-0.05, 0) is 73.9 Å². The van der Waals surface area contributed by atoms with E-state index < -0.39 is 28.5 Å². The van der Waals surface area contributed by atoms with Gasteiger partial charge in [-0.15, -0.1) is 0 Å². The summed E-state index contributed by atoms with van der Waals surface area (Å²) in [7, 11) is -4.09. The van der Waals surface area contributed by atoms with Crippen LogP contribution in [0.3, 0.4) is 0 Å². The molecule has 236 valence electrons. The Hall–Kier alpha value is -3.65. The molecular formula is C36H47N3O4S. The van der Waals surface area contributed by atoms with E-state index in [0.29, 0.717) is 25.1 Å². The number of rotatable bonds is 13. The van der Waals surface area contributed by atoms with Gasteiger partial charge in [0.25, 0.3) is 10.0 Å². The van der Waals surface area contributed by atoms with Crippen LogP contribution in [0.1, 0.15) is 81.9 Å². The van der Waals surface area contributed by atoms with Gasteiger partial charge >= 0.3 is 0 Å². The number of nitrogens with zero attached hydrogens (tertiary/aromatic N) is 2. The fourth-order valence-electron chi connectivity index (χ4n) is 5.83. The van der Waals surface area contributed by atoms with Crippen LogP contribution in [0.15, 0.2) is 83.8 Å². The van der Waals surface area contributed by atoms with E-state index in [1.165, 1.54) is 10.7 Å². The van der Waals surface area contributed by atoms with Gasteiger partial charge < -0.3 is 10.2 Å². The molecule has 1 fully saturated rings. The van der Waals surface area contributed by atoms with Gasteiger partial charge in [0.15, 0.2) is 0 Å². The molecule has 4 rings (SSSR count). The smallest absolute Gasteiger partial charge is 0.264 e. The topological polar surface area (TPSA) is 86.8 Å². The zero-order valence-corrected chi connectivity index (χ0v) is 27.4. The minimum Gasteiger partial charge on any atom is -0.352 e. The standard InChI is InChI=1S/C36H47N3O4S/c1-5-34(36(41)37-31-14-10-7-11-15-31)38(25-24-29-12-8-6-9-13-29)35(40)26-39(32-20-18-30(19-21-32)27(2)3)44(42,43)33-22-16-28(4)17-23-33/h6,8-9,12-13,16-23,27,31,34H,5,7,10-11,14-15,24-26H2,1-4H3,(H,37,41)/t34-/m0/s1. The summed E-state index contributed by atoms with van der Waals surface area (Å²) in [6.07, 6.45) is 6.19. The Balaban J connectivity index is 1.68. The summed E-state index contributed by atoms with van der Waals surface area (Å²) >= 11 is 0. The molecule has 44 heavy (non-hydrogen) atoms. The largest absolute Gasteiger partial charge is 0.352 e. The number of carbonyl (C=O) groups is 2. The van der Waals surface area contributed by atoms with Crippen LogP contribution >= 0.6 is 0 Å². The van der Waals surface area contributed by atoms with Crippen molar-refractivity contribution in [2.75, 3.05) is 17.4 Å². The number of nitrogens with one attached hydrogen (secondary N) is 1. The lowest BCUT2D eigenvalue weighted by molar-refractivity contribution is -0.140.